The molecule has 1 aromatic carbocycles. The molecule has 2 fully saturated rings. The molecule has 1 N–H and O–H groups in total. The predicted octanol–water partition coefficient (Wildman–Crippen LogP) is 2.80. The first kappa shape index (κ1) is 16.7. The maximum atomic E-state index is 12.4. The number of hydrogen-bond acceptors (Lipinski definition) is 3. The summed E-state index contributed by atoms with van der Waals surface area (Å²) in [6, 6.07) is 10.9. The average molecular weight is 334 g/mol. The van der Waals surface area contributed by atoms with E-state index in [-0.39, 0.29) is 6.03 Å². The number of nitrogens with one attached hydrogen (secondary N) is 1. The minimum absolute atomic E-state index is 0.0786. The van der Waals surface area contributed by atoms with Gasteiger partial charge >= 0.3 is 6.03 Å². The third-order valence-electron chi connectivity index (χ3n) is 4.81. The van der Waals surface area contributed by atoms with Gasteiger partial charge in [0.1, 0.15) is 0 Å². The molecule has 2 heterocycles. The second kappa shape index (κ2) is 8.60. The number of nitrogens with zero attached hydrogens (tertiary/aromatic N) is 2. The molecule has 23 heavy (non-hydrogen) atoms. The second-order valence-electron chi connectivity index (χ2n) is 6.36. The molecule has 0 aromatic heterocycles. The standard InChI is InChI=1S/C18H27N3OS/c22-18(19-15-16-5-2-1-3-6-16)21-10-4-9-20(11-12-21)17-7-13-23-14-8-17/h1-3,5-6,17H,4,7-15H2,(H,19,22). The predicted molar refractivity (Wildman–Crippen MR) is 96.8 cm³/mol. The van der Waals surface area contributed by atoms with Gasteiger partial charge in [-0.3, -0.25) is 4.90 Å². The number of thioether (sulfide) groups is 1. The van der Waals surface area contributed by atoms with E-state index in [1.165, 1.54) is 24.3 Å². The summed E-state index contributed by atoms with van der Waals surface area (Å²) >= 11 is 2.08. The van der Waals surface area contributed by atoms with Gasteiger partial charge in [-0.25, -0.2) is 4.79 Å². The fraction of sp³-hybridized carbons (Fsp3) is 0.611. The molecule has 3 rings (SSSR count). The van der Waals surface area contributed by atoms with E-state index in [2.05, 4.69) is 22.0 Å². The highest BCUT2D eigenvalue weighted by atomic mass is 32.2. The number of carbonyl (C=O) groups excluding carboxylic acids is 1. The molecule has 0 spiro atoms. The molecule has 0 aliphatic carbocycles. The van der Waals surface area contributed by atoms with Crippen LogP contribution in [0.15, 0.2) is 30.3 Å². The summed E-state index contributed by atoms with van der Waals surface area (Å²) < 4.78 is 0. The van der Waals surface area contributed by atoms with Crippen LogP contribution >= 0.6 is 11.8 Å². The highest BCUT2D eigenvalue weighted by Crippen LogP contribution is 2.22. The van der Waals surface area contributed by atoms with Crippen molar-refractivity contribution in [1.82, 2.24) is 15.1 Å². The minimum atomic E-state index is 0.0786. The summed E-state index contributed by atoms with van der Waals surface area (Å²) in [4.78, 5) is 17.0. The largest absolute Gasteiger partial charge is 0.334 e. The smallest absolute Gasteiger partial charge is 0.317 e. The normalized spacial score (nSPS) is 21.0. The lowest BCUT2D eigenvalue weighted by molar-refractivity contribution is 0.181. The monoisotopic (exact) mass is 333 g/mol. The van der Waals surface area contributed by atoms with E-state index < -0.39 is 0 Å². The number of amides is 2. The van der Waals surface area contributed by atoms with Crippen LogP contribution in [-0.2, 0) is 6.54 Å². The topological polar surface area (TPSA) is 35.6 Å². The van der Waals surface area contributed by atoms with Crippen LogP contribution in [0.2, 0.25) is 0 Å². The van der Waals surface area contributed by atoms with Gasteiger partial charge in [0.15, 0.2) is 0 Å². The lowest BCUT2D eigenvalue weighted by Crippen LogP contribution is -2.43. The van der Waals surface area contributed by atoms with E-state index in [1.807, 2.05) is 35.2 Å². The molecule has 5 heteroatoms. The van der Waals surface area contributed by atoms with Crippen LogP contribution in [-0.4, -0.2) is 59.6 Å². The first-order valence-corrected chi connectivity index (χ1v) is 9.87. The van der Waals surface area contributed by atoms with Crippen LogP contribution in [0.1, 0.15) is 24.8 Å². The van der Waals surface area contributed by atoms with Gasteiger partial charge in [-0.15, -0.1) is 0 Å². The molecule has 2 aliphatic heterocycles. The molecule has 4 nitrogen and oxygen atoms in total. The summed E-state index contributed by atoms with van der Waals surface area (Å²) in [7, 11) is 0. The molecule has 2 saturated heterocycles. The SMILES string of the molecule is O=C(NCc1ccccc1)N1CCCN(C2CCSCC2)CC1. The third kappa shape index (κ3) is 4.88. The molecule has 0 unspecified atom stereocenters. The molecule has 0 bridgehead atoms. The van der Waals surface area contributed by atoms with Crippen LogP contribution in [0.3, 0.4) is 0 Å². The number of carbonyl (C=O) groups is 1. The Labute approximate surface area is 143 Å². The first-order chi connectivity index (χ1) is 11.3. The number of hydrogen-bond donors (Lipinski definition) is 1. The quantitative estimate of drug-likeness (QED) is 0.924. The second-order valence-corrected chi connectivity index (χ2v) is 7.59. The van der Waals surface area contributed by atoms with Gasteiger partial charge in [0, 0.05) is 38.8 Å². The van der Waals surface area contributed by atoms with Crippen molar-refractivity contribution in [2.45, 2.75) is 31.8 Å². The Hall–Kier alpha value is -1.20. The Morgan fingerprint density at radius 2 is 1.87 bits per heavy atom. The lowest BCUT2D eigenvalue weighted by atomic mass is 10.1. The van der Waals surface area contributed by atoms with Crippen molar-refractivity contribution in [1.29, 1.82) is 0 Å². The van der Waals surface area contributed by atoms with Crippen LogP contribution in [0, 0.1) is 0 Å². The maximum absolute atomic E-state index is 12.4. The van der Waals surface area contributed by atoms with Gasteiger partial charge < -0.3 is 10.2 Å². The van der Waals surface area contributed by atoms with Gasteiger partial charge in [-0.05, 0) is 36.3 Å². The molecule has 1 aromatic rings. The van der Waals surface area contributed by atoms with Crippen LogP contribution in [0.5, 0.6) is 0 Å². The highest BCUT2D eigenvalue weighted by Gasteiger charge is 2.25. The van der Waals surface area contributed by atoms with Gasteiger partial charge in [-0.1, -0.05) is 30.3 Å². The zero-order chi connectivity index (χ0) is 15.9. The summed E-state index contributed by atoms with van der Waals surface area (Å²) in [6.45, 7) is 4.49. The van der Waals surface area contributed by atoms with Gasteiger partial charge in [-0.2, -0.15) is 11.8 Å². The molecule has 0 radical (unpaired) electrons. The Balaban J connectivity index is 1.46. The molecule has 2 amide bonds. The van der Waals surface area contributed by atoms with Crippen molar-refractivity contribution >= 4 is 17.8 Å². The molecule has 0 saturated carbocycles. The highest BCUT2D eigenvalue weighted by molar-refractivity contribution is 7.99. The van der Waals surface area contributed by atoms with E-state index in [0.29, 0.717) is 6.54 Å². The maximum Gasteiger partial charge on any atom is 0.317 e. The van der Waals surface area contributed by atoms with Crippen molar-refractivity contribution in [3.63, 3.8) is 0 Å². The summed E-state index contributed by atoms with van der Waals surface area (Å²) in [5, 5.41) is 3.06. The van der Waals surface area contributed by atoms with Gasteiger partial charge in [0.05, 0.1) is 0 Å². The third-order valence-corrected chi connectivity index (χ3v) is 5.86. The first-order valence-electron chi connectivity index (χ1n) is 8.71. The molecule has 0 atom stereocenters. The van der Waals surface area contributed by atoms with E-state index in [1.54, 1.807) is 0 Å². The van der Waals surface area contributed by atoms with E-state index in [4.69, 9.17) is 0 Å². The van der Waals surface area contributed by atoms with E-state index in [9.17, 15) is 4.79 Å². The van der Waals surface area contributed by atoms with Crippen molar-refractivity contribution in [3.05, 3.63) is 35.9 Å². The Bertz CT molecular complexity index is 490. The minimum Gasteiger partial charge on any atom is -0.334 e. The number of rotatable bonds is 3. The van der Waals surface area contributed by atoms with Crippen molar-refractivity contribution in [3.8, 4) is 0 Å². The fourth-order valence-corrected chi connectivity index (χ4v) is 4.52. The zero-order valence-corrected chi connectivity index (χ0v) is 14.6. The Morgan fingerprint density at radius 3 is 2.65 bits per heavy atom. The Kier molecular flexibility index (Phi) is 6.22. The number of urea groups is 1. The Morgan fingerprint density at radius 1 is 1.09 bits per heavy atom. The van der Waals surface area contributed by atoms with E-state index >= 15 is 0 Å². The zero-order valence-electron chi connectivity index (χ0n) is 13.7. The van der Waals surface area contributed by atoms with Crippen molar-refractivity contribution < 1.29 is 4.79 Å². The van der Waals surface area contributed by atoms with Crippen LogP contribution < -0.4 is 5.32 Å². The van der Waals surface area contributed by atoms with Gasteiger partial charge in [0.25, 0.3) is 0 Å². The summed E-state index contributed by atoms with van der Waals surface area (Å²) in [5.41, 5.74) is 1.15. The van der Waals surface area contributed by atoms with Crippen molar-refractivity contribution in [2.75, 3.05) is 37.7 Å². The van der Waals surface area contributed by atoms with E-state index in [0.717, 1.165) is 44.2 Å². The van der Waals surface area contributed by atoms with Crippen LogP contribution in [0.4, 0.5) is 4.79 Å². The summed E-state index contributed by atoms with van der Waals surface area (Å²) in [5.74, 6) is 2.59. The lowest BCUT2D eigenvalue weighted by Gasteiger charge is -2.33. The molecule has 2 aliphatic rings. The molecule has 126 valence electrons. The fourth-order valence-electron chi connectivity index (χ4n) is 3.44. The number of benzene rings is 1. The van der Waals surface area contributed by atoms with Gasteiger partial charge in [0.2, 0.25) is 0 Å². The van der Waals surface area contributed by atoms with Crippen LogP contribution in [0.25, 0.3) is 0 Å². The summed E-state index contributed by atoms with van der Waals surface area (Å²) in [6.07, 6.45) is 3.71. The van der Waals surface area contributed by atoms with Crippen molar-refractivity contribution in [2.24, 2.45) is 0 Å². The average Bonchev–Trinajstić information content (AvgIpc) is 2.87. The molecular weight excluding hydrogens is 306 g/mol. The molecular formula is C18H27N3OS.